The second-order valence-corrected chi connectivity index (χ2v) is 5.26. The summed E-state index contributed by atoms with van der Waals surface area (Å²) in [5, 5.41) is 6.40. The monoisotopic (exact) mass is 286 g/mol. The van der Waals surface area contributed by atoms with Gasteiger partial charge in [-0.1, -0.05) is 59.5 Å². The molecule has 0 aliphatic carbocycles. The molecule has 104 valence electrons. The summed E-state index contributed by atoms with van der Waals surface area (Å²) in [6.45, 7) is 1.65. The van der Waals surface area contributed by atoms with Crippen molar-refractivity contribution in [2.45, 2.75) is 13.1 Å². The molecule has 0 bridgehead atoms. The first kappa shape index (κ1) is 15.1. The van der Waals surface area contributed by atoms with Gasteiger partial charge in [0, 0.05) is 13.1 Å². The number of hydrogen-bond acceptors (Lipinski definition) is 2. The maximum Gasteiger partial charge on any atom is 0.316 e. The Morgan fingerprint density at radius 2 is 1.20 bits per heavy atom. The lowest BCUT2D eigenvalue weighted by Crippen LogP contribution is -2.42. The van der Waals surface area contributed by atoms with E-state index in [1.165, 1.54) is 22.1 Å². The summed E-state index contributed by atoms with van der Waals surface area (Å²) < 4.78 is 0. The van der Waals surface area contributed by atoms with Crippen molar-refractivity contribution in [3.63, 3.8) is 0 Å². The van der Waals surface area contributed by atoms with Gasteiger partial charge in [0.1, 0.15) is 0 Å². The average Bonchev–Trinajstić information content (AvgIpc) is 2.48. The second-order valence-electron chi connectivity index (χ2n) is 4.82. The van der Waals surface area contributed by atoms with Crippen molar-refractivity contribution in [3.05, 3.63) is 59.7 Å². The molecule has 20 heavy (non-hydrogen) atoms. The topological polar surface area (TPSA) is 24.1 Å². The van der Waals surface area contributed by atoms with Crippen molar-refractivity contribution in [2.75, 3.05) is 14.1 Å². The minimum atomic E-state index is -0.121. The molecule has 0 saturated carbocycles. The van der Waals surface area contributed by atoms with Gasteiger partial charge < -0.3 is 10.6 Å². The highest BCUT2D eigenvalue weighted by Gasteiger charge is 2.21. The Kier molecular flexibility index (Phi) is 5.65. The van der Waals surface area contributed by atoms with E-state index in [1.807, 2.05) is 26.2 Å². The second kappa shape index (κ2) is 7.48. The van der Waals surface area contributed by atoms with Gasteiger partial charge in [-0.3, -0.25) is 0 Å². The van der Waals surface area contributed by atoms with Crippen LogP contribution < -0.4 is 21.6 Å². The van der Waals surface area contributed by atoms with Gasteiger partial charge in [0.15, 0.2) is 0 Å². The standard InChI is InChI=1S/C16H20BClN2/c1-19-11-13-7-3-5-9-15(13)17(18)16-10-6-4-8-14(16)12-20-2/h3-10,19-20H,11-12H2,1-2H3. The minimum absolute atomic E-state index is 0.121. The van der Waals surface area contributed by atoms with Crippen LogP contribution in [0.2, 0.25) is 0 Å². The summed E-state index contributed by atoms with van der Waals surface area (Å²) in [7, 11) is 3.91. The molecule has 0 radical (unpaired) electrons. The molecule has 2 rings (SSSR count). The van der Waals surface area contributed by atoms with E-state index in [2.05, 4.69) is 47.0 Å². The highest BCUT2D eigenvalue weighted by atomic mass is 35.5. The Morgan fingerprint density at radius 1 is 0.800 bits per heavy atom. The van der Waals surface area contributed by atoms with Crippen molar-refractivity contribution >= 4 is 28.5 Å². The van der Waals surface area contributed by atoms with Gasteiger partial charge >= 0.3 is 6.13 Å². The predicted octanol–water partition coefficient (Wildman–Crippen LogP) is 1.47. The summed E-state index contributed by atoms with van der Waals surface area (Å²) in [6, 6.07) is 16.7. The average molecular weight is 287 g/mol. The number of benzene rings is 2. The number of hydrogen-bond donors (Lipinski definition) is 2. The lowest BCUT2D eigenvalue weighted by Gasteiger charge is -2.16. The summed E-state index contributed by atoms with van der Waals surface area (Å²) in [6.07, 6.45) is -0.121. The van der Waals surface area contributed by atoms with Crippen molar-refractivity contribution < 1.29 is 0 Å². The van der Waals surface area contributed by atoms with Crippen molar-refractivity contribution in [3.8, 4) is 0 Å². The fourth-order valence-electron chi connectivity index (χ4n) is 2.43. The molecule has 2 aromatic carbocycles. The molecule has 0 saturated heterocycles. The third kappa shape index (κ3) is 3.43. The quantitative estimate of drug-likeness (QED) is 0.786. The fraction of sp³-hybridized carbons (Fsp3) is 0.250. The maximum atomic E-state index is 6.76. The van der Waals surface area contributed by atoms with E-state index < -0.39 is 0 Å². The third-order valence-electron chi connectivity index (χ3n) is 3.39. The zero-order valence-electron chi connectivity index (χ0n) is 12.0. The van der Waals surface area contributed by atoms with E-state index in [-0.39, 0.29) is 6.13 Å². The van der Waals surface area contributed by atoms with Gasteiger partial charge in [-0.25, -0.2) is 0 Å². The van der Waals surface area contributed by atoms with Crippen molar-refractivity contribution in [1.29, 1.82) is 0 Å². The van der Waals surface area contributed by atoms with Crippen LogP contribution in [0.3, 0.4) is 0 Å². The van der Waals surface area contributed by atoms with Crippen molar-refractivity contribution in [2.24, 2.45) is 0 Å². The zero-order valence-corrected chi connectivity index (χ0v) is 12.7. The molecule has 0 aliphatic rings. The fourth-order valence-corrected chi connectivity index (χ4v) is 2.86. The van der Waals surface area contributed by atoms with E-state index in [1.54, 1.807) is 0 Å². The third-order valence-corrected chi connectivity index (χ3v) is 3.86. The molecule has 0 aromatic heterocycles. The van der Waals surface area contributed by atoms with Crippen molar-refractivity contribution in [1.82, 2.24) is 10.6 Å². The van der Waals surface area contributed by atoms with E-state index in [0.717, 1.165) is 13.1 Å². The van der Waals surface area contributed by atoms with E-state index >= 15 is 0 Å². The number of rotatable bonds is 6. The van der Waals surface area contributed by atoms with Gasteiger partial charge in [0.25, 0.3) is 0 Å². The maximum absolute atomic E-state index is 6.76. The molecule has 0 spiro atoms. The molecule has 0 heterocycles. The molecule has 2 N–H and O–H groups in total. The van der Waals surface area contributed by atoms with Gasteiger partial charge in [-0.2, -0.15) is 11.5 Å². The van der Waals surface area contributed by atoms with Gasteiger partial charge in [-0.05, 0) is 25.2 Å². The highest BCUT2D eigenvalue weighted by Crippen LogP contribution is 2.05. The lowest BCUT2D eigenvalue weighted by molar-refractivity contribution is 0.820. The lowest BCUT2D eigenvalue weighted by atomic mass is 9.59. The van der Waals surface area contributed by atoms with Crippen LogP contribution in [0, 0.1) is 0 Å². The van der Waals surface area contributed by atoms with Crippen LogP contribution in [0.1, 0.15) is 11.1 Å². The Morgan fingerprint density at radius 3 is 1.60 bits per heavy atom. The Hall–Kier alpha value is -1.29. The number of halogens is 1. The zero-order chi connectivity index (χ0) is 14.4. The molecule has 2 nitrogen and oxygen atoms in total. The van der Waals surface area contributed by atoms with Crippen LogP contribution in [0.25, 0.3) is 0 Å². The molecule has 0 fully saturated rings. The molecule has 0 amide bonds. The molecule has 2 aromatic rings. The van der Waals surface area contributed by atoms with Crippen LogP contribution >= 0.6 is 11.5 Å². The van der Waals surface area contributed by atoms with Gasteiger partial charge in [0.2, 0.25) is 0 Å². The van der Waals surface area contributed by atoms with E-state index in [4.69, 9.17) is 11.5 Å². The number of nitrogens with one attached hydrogen (secondary N) is 2. The Bertz CT molecular complexity index is 510. The first-order valence-corrected chi connectivity index (χ1v) is 7.30. The summed E-state index contributed by atoms with van der Waals surface area (Å²) >= 11 is 6.76. The van der Waals surface area contributed by atoms with Gasteiger partial charge in [0.05, 0.1) is 0 Å². The smallest absolute Gasteiger partial charge is 0.316 e. The molecule has 0 unspecified atom stereocenters. The van der Waals surface area contributed by atoms with Crippen LogP contribution in [0.5, 0.6) is 0 Å². The Labute approximate surface area is 126 Å². The molecule has 4 heteroatoms. The largest absolute Gasteiger partial charge is 0.316 e. The Balaban J connectivity index is 2.38. The molecular formula is C16H20BClN2. The van der Waals surface area contributed by atoms with Gasteiger partial charge in [-0.15, -0.1) is 0 Å². The van der Waals surface area contributed by atoms with Crippen LogP contribution in [-0.4, -0.2) is 20.2 Å². The van der Waals surface area contributed by atoms with Crippen LogP contribution in [0.15, 0.2) is 48.5 Å². The SMILES string of the molecule is CNCc1ccccc1B(Cl)c1ccccc1CNC. The summed E-state index contributed by atoms with van der Waals surface area (Å²) in [5.41, 5.74) is 4.84. The first-order chi connectivity index (χ1) is 9.77. The highest BCUT2D eigenvalue weighted by molar-refractivity contribution is 7.21. The van der Waals surface area contributed by atoms with E-state index in [0.29, 0.717) is 0 Å². The van der Waals surface area contributed by atoms with Crippen LogP contribution in [0.4, 0.5) is 0 Å². The predicted molar refractivity (Wildman–Crippen MR) is 89.3 cm³/mol. The molecule has 0 atom stereocenters. The first-order valence-electron chi connectivity index (χ1n) is 6.86. The van der Waals surface area contributed by atoms with Crippen LogP contribution in [-0.2, 0) is 13.1 Å². The summed E-state index contributed by atoms with van der Waals surface area (Å²) in [5.74, 6) is 0. The summed E-state index contributed by atoms with van der Waals surface area (Å²) in [4.78, 5) is 0. The normalized spacial score (nSPS) is 10.6. The van der Waals surface area contributed by atoms with E-state index in [9.17, 15) is 0 Å². The molecular weight excluding hydrogens is 266 g/mol. The minimum Gasteiger partial charge on any atom is -0.316 e. The molecule has 0 aliphatic heterocycles.